The molecule has 1 fully saturated rings. The summed E-state index contributed by atoms with van der Waals surface area (Å²) in [5.74, 6) is 0.240. The van der Waals surface area contributed by atoms with E-state index in [2.05, 4.69) is 15.3 Å². The molecule has 2 atom stereocenters. The van der Waals surface area contributed by atoms with Crippen LogP contribution in [0.25, 0.3) is 11.0 Å². The van der Waals surface area contributed by atoms with Gasteiger partial charge in [0.05, 0.1) is 27.7 Å². The van der Waals surface area contributed by atoms with Crippen LogP contribution >= 0.6 is 23.2 Å². The number of amides is 2. The molecule has 0 spiro atoms. The quantitative estimate of drug-likeness (QED) is 0.594. The van der Waals surface area contributed by atoms with Gasteiger partial charge >= 0.3 is 0 Å². The van der Waals surface area contributed by atoms with Crippen LogP contribution in [0.5, 0.6) is 0 Å². The largest absolute Gasteiger partial charge is 0.342 e. The van der Waals surface area contributed by atoms with Crippen molar-refractivity contribution in [2.45, 2.75) is 38.8 Å². The number of hydrogen-bond donors (Lipinski definition) is 2. The van der Waals surface area contributed by atoms with Crippen LogP contribution in [0.4, 0.5) is 0 Å². The number of carbonyl (C=O) groups is 2. The highest BCUT2D eigenvalue weighted by atomic mass is 35.5. The van der Waals surface area contributed by atoms with Gasteiger partial charge in [0.25, 0.3) is 11.8 Å². The minimum Gasteiger partial charge on any atom is -0.342 e. The maximum absolute atomic E-state index is 12.8. The number of likely N-dealkylation sites (tertiary alicyclic amines) is 1. The molecule has 2 N–H and O–H groups in total. The average Bonchev–Trinajstić information content (AvgIpc) is 3.33. The van der Waals surface area contributed by atoms with E-state index in [9.17, 15) is 9.59 Å². The lowest BCUT2D eigenvalue weighted by atomic mass is 10.1. The van der Waals surface area contributed by atoms with E-state index in [1.54, 1.807) is 24.3 Å². The molecule has 1 aliphatic rings. The monoisotopic (exact) mass is 444 g/mol. The Labute approximate surface area is 184 Å². The Bertz CT molecular complexity index is 1130. The second kappa shape index (κ2) is 8.28. The first-order chi connectivity index (χ1) is 14.3. The topological polar surface area (TPSA) is 78.1 Å². The smallest absolute Gasteiger partial charge is 0.255 e. The van der Waals surface area contributed by atoms with Gasteiger partial charge in [0.1, 0.15) is 5.82 Å². The summed E-state index contributed by atoms with van der Waals surface area (Å²) in [4.78, 5) is 35.0. The van der Waals surface area contributed by atoms with E-state index in [0.717, 1.165) is 30.4 Å². The number of benzene rings is 2. The zero-order valence-electron chi connectivity index (χ0n) is 16.7. The Balaban J connectivity index is 1.48. The van der Waals surface area contributed by atoms with Gasteiger partial charge in [0.15, 0.2) is 0 Å². The third-order valence-corrected chi connectivity index (χ3v) is 6.04. The predicted octanol–water partition coefficient (Wildman–Crippen LogP) is 4.99. The Hall–Kier alpha value is -2.57. The maximum Gasteiger partial charge on any atom is 0.255 e. The molecule has 156 valence electrons. The normalized spacial score (nSPS) is 17.3. The lowest BCUT2D eigenvalue weighted by Gasteiger charge is -2.22. The van der Waals surface area contributed by atoms with Crippen LogP contribution in [0.3, 0.4) is 0 Å². The minimum atomic E-state index is -0.353. The average molecular weight is 445 g/mol. The number of H-pyrrole nitrogens is 1. The second-order valence-corrected chi connectivity index (χ2v) is 8.51. The predicted molar refractivity (Wildman–Crippen MR) is 118 cm³/mol. The molecule has 0 aliphatic carbocycles. The van der Waals surface area contributed by atoms with Crippen molar-refractivity contribution in [2.24, 2.45) is 0 Å². The Morgan fingerprint density at radius 3 is 2.73 bits per heavy atom. The zero-order valence-corrected chi connectivity index (χ0v) is 18.2. The van der Waals surface area contributed by atoms with Crippen molar-refractivity contribution in [1.29, 1.82) is 0 Å². The molecule has 2 aromatic carbocycles. The Morgan fingerprint density at radius 2 is 2.03 bits per heavy atom. The van der Waals surface area contributed by atoms with Crippen LogP contribution in [-0.4, -0.2) is 39.3 Å². The van der Waals surface area contributed by atoms with E-state index in [4.69, 9.17) is 23.2 Å². The number of rotatable bonds is 4. The number of imidazole rings is 1. The van der Waals surface area contributed by atoms with Crippen LogP contribution in [0.1, 0.15) is 59.3 Å². The lowest BCUT2D eigenvalue weighted by molar-refractivity contribution is 0.0747. The molecule has 2 amide bonds. The highest BCUT2D eigenvalue weighted by Gasteiger charge is 2.27. The van der Waals surface area contributed by atoms with Crippen LogP contribution in [0, 0.1) is 0 Å². The molecule has 8 heteroatoms. The van der Waals surface area contributed by atoms with Gasteiger partial charge in [0.2, 0.25) is 0 Å². The first-order valence-corrected chi connectivity index (χ1v) is 10.7. The minimum absolute atomic E-state index is 0.0914. The van der Waals surface area contributed by atoms with Gasteiger partial charge in [-0.05, 0) is 63.1 Å². The number of aromatic nitrogens is 2. The van der Waals surface area contributed by atoms with E-state index < -0.39 is 0 Å². The third-order valence-electron chi connectivity index (χ3n) is 5.50. The molecule has 2 heterocycles. The Morgan fingerprint density at radius 1 is 1.23 bits per heavy atom. The number of nitrogens with zero attached hydrogens (tertiary/aromatic N) is 2. The molecule has 1 aliphatic heterocycles. The number of fused-ring (bicyclic) bond motifs is 1. The first kappa shape index (κ1) is 20.7. The second-order valence-electron chi connectivity index (χ2n) is 7.66. The molecule has 2 unspecified atom stereocenters. The van der Waals surface area contributed by atoms with Crippen molar-refractivity contribution in [3.05, 3.63) is 63.4 Å². The van der Waals surface area contributed by atoms with E-state index in [1.807, 2.05) is 24.8 Å². The number of nitrogens with one attached hydrogen (secondary N) is 2. The van der Waals surface area contributed by atoms with Crippen molar-refractivity contribution < 1.29 is 9.59 Å². The lowest BCUT2D eigenvalue weighted by Crippen LogP contribution is -2.34. The standard InChI is InChI=1S/C22H22Cl2N4O2/c1-12-4-3-9-28(12)22(30)16-7-5-14(10-17(16)24)21(29)25-13(2)20-26-18-8-6-15(23)11-19(18)27-20/h5-8,10-13H,3-4,9H2,1-2H3,(H,25,29)(H,26,27). The van der Waals surface area contributed by atoms with Gasteiger partial charge in [-0.3, -0.25) is 9.59 Å². The summed E-state index contributed by atoms with van der Waals surface area (Å²) < 4.78 is 0. The summed E-state index contributed by atoms with van der Waals surface area (Å²) in [7, 11) is 0. The summed E-state index contributed by atoms with van der Waals surface area (Å²) in [6.07, 6.45) is 1.99. The van der Waals surface area contributed by atoms with Gasteiger partial charge < -0.3 is 15.2 Å². The van der Waals surface area contributed by atoms with Crippen LogP contribution in [-0.2, 0) is 0 Å². The fourth-order valence-electron chi connectivity index (χ4n) is 3.77. The van der Waals surface area contributed by atoms with Crippen molar-refractivity contribution in [1.82, 2.24) is 20.2 Å². The summed E-state index contributed by atoms with van der Waals surface area (Å²) >= 11 is 12.4. The molecule has 0 radical (unpaired) electrons. The van der Waals surface area contributed by atoms with Gasteiger partial charge in [0, 0.05) is 23.2 Å². The van der Waals surface area contributed by atoms with Gasteiger partial charge in [-0.2, -0.15) is 0 Å². The fraction of sp³-hybridized carbons (Fsp3) is 0.318. The van der Waals surface area contributed by atoms with Crippen molar-refractivity contribution in [2.75, 3.05) is 6.54 Å². The van der Waals surface area contributed by atoms with Gasteiger partial charge in [-0.15, -0.1) is 0 Å². The highest BCUT2D eigenvalue weighted by Crippen LogP contribution is 2.25. The molecule has 30 heavy (non-hydrogen) atoms. The van der Waals surface area contributed by atoms with Crippen molar-refractivity contribution >= 4 is 46.0 Å². The molecule has 3 aromatic rings. The molecule has 4 rings (SSSR count). The summed E-state index contributed by atoms with van der Waals surface area (Å²) in [6, 6.07) is 10.0. The number of carbonyl (C=O) groups excluding carboxylic acids is 2. The number of hydrogen-bond acceptors (Lipinski definition) is 3. The molecule has 1 aromatic heterocycles. The third kappa shape index (κ3) is 4.02. The number of aromatic amines is 1. The summed E-state index contributed by atoms with van der Waals surface area (Å²) in [5.41, 5.74) is 2.39. The van der Waals surface area contributed by atoms with Gasteiger partial charge in [-0.1, -0.05) is 23.2 Å². The first-order valence-electron chi connectivity index (χ1n) is 9.90. The zero-order chi connectivity index (χ0) is 21.4. The van der Waals surface area contributed by atoms with E-state index >= 15 is 0 Å². The van der Waals surface area contributed by atoms with Crippen molar-refractivity contribution in [3.63, 3.8) is 0 Å². The van der Waals surface area contributed by atoms with Crippen LogP contribution in [0.2, 0.25) is 10.0 Å². The molecule has 1 saturated heterocycles. The van der Waals surface area contributed by atoms with Gasteiger partial charge in [-0.25, -0.2) is 4.98 Å². The van der Waals surface area contributed by atoms with Crippen LogP contribution < -0.4 is 5.32 Å². The molecule has 0 saturated carbocycles. The Kier molecular flexibility index (Phi) is 5.71. The van der Waals surface area contributed by atoms with E-state index in [-0.39, 0.29) is 28.9 Å². The van der Waals surface area contributed by atoms with E-state index in [0.29, 0.717) is 22.0 Å². The summed E-state index contributed by atoms with van der Waals surface area (Å²) in [6.45, 7) is 4.61. The maximum atomic E-state index is 12.8. The fourth-order valence-corrected chi connectivity index (χ4v) is 4.21. The van der Waals surface area contributed by atoms with E-state index in [1.165, 1.54) is 6.07 Å². The SMILES string of the molecule is CC(NC(=O)c1ccc(C(=O)N2CCCC2C)c(Cl)c1)c1nc2ccc(Cl)cc2[nH]1. The van der Waals surface area contributed by atoms with Crippen molar-refractivity contribution in [3.8, 4) is 0 Å². The molecule has 6 nitrogen and oxygen atoms in total. The highest BCUT2D eigenvalue weighted by molar-refractivity contribution is 6.34. The summed E-state index contributed by atoms with van der Waals surface area (Å²) in [5, 5.41) is 3.80. The molecular formula is C22H22Cl2N4O2. The number of halogens is 2. The van der Waals surface area contributed by atoms with Crippen LogP contribution in [0.15, 0.2) is 36.4 Å². The molecular weight excluding hydrogens is 423 g/mol. The molecule has 0 bridgehead atoms.